The van der Waals surface area contributed by atoms with Crippen LogP contribution >= 0.6 is 0 Å². The van der Waals surface area contributed by atoms with E-state index in [-0.39, 0.29) is 11.3 Å². The molecule has 22 heavy (non-hydrogen) atoms. The molecular weight excluding hydrogens is 274 g/mol. The van der Waals surface area contributed by atoms with Crippen LogP contribution < -0.4 is 0 Å². The van der Waals surface area contributed by atoms with E-state index in [4.69, 9.17) is 0 Å². The lowest BCUT2D eigenvalue weighted by Gasteiger charge is -2.05. The second-order valence-corrected chi connectivity index (χ2v) is 5.18. The van der Waals surface area contributed by atoms with Crippen molar-refractivity contribution in [3.8, 4) is 6.07 Å². The number of imidazole rings is 1. The average Bonchev–Trinajstić information content (AvgIpc) is 2.86. The number of fused-ring (bicyclic) bond motifs is 1. The Labute approximate surface area is 128 Å². The molecule has 0 aliphatic carbocycles. The second-order valence-electron chi connectivity index (χ2n) is 5.18. The summed E-state index contributed by atoms with van der Waals surface area (Å²) in [5.41, 5.74) is 3.58. The molecule has 0 fully saturated rings. The summed E-state index contributed by atoms with van der Waals surface area (Å²) in [7, 11) is 1.84. The molecule has 3 aromatic rings. The number of allylic oxidation sites excluding steroid dienone is 1. The van der Waals surface area contributed by atoms with Gasteiger partial charge in [0.05, 0.1) is 11.0 Å². The SMILES string of the molecule is Cc1ccc(/C(O)=C(\C#N)c2nc3ccccc3n2C)cc1. The Morgan fingerprint density at radius 3 is 2.45 bits per heavy atom. The van der Waals surface area contributed by atoms with Crippen molar-refractivity contribution in [3.05, 3.63) is 65.5 Å². The number of aryl methyl sites for hydroxylation is 2. The second kappa shape index (κ2) is 5.38. The normalized spacial score (nSPS) is 12.0. The fourth-order valence-corrected chi connectivity index (χ4v) is 2.43. The highest BCUT2D eigenvalue weighted by atomic mass is 16.3. The maximum atomic E-state index is 10.5. The Morgan fingerprint density at radius 2 is 1.82 bits per heavy atom. The van der Waals surface area contributed by atoms with Crippen LogP contribution in [0.25, 0.3) is 22.4 Å². The number of nitrogens with zero attached hydrogens (tertiary/aromatic N) is 3. The summed E-state index contributed by atoms with van der Waals surface area (Å²) in [6.45, 7) is 1.97. The minimum absolute atomic E-state index is 0.0547. The van der Waals surface area contributed by atoms with Gasteiger partial charge in [-0.25, -0.2) is 4.98 Å². The summed E-state index contributed by atoms with van der Waals surface area (Å²) in [4.78, 5) is 4.47. The maximum absolute atomic E-state index is 10.5. The van der Waals surface area contributed by atoms with E-state index in [0.717, 1.165) is 16.6 Å². The van der Waals surface area contributed by atoms with Crippen molar-refractivity contribution in [1.29, 1.82) is 5.26 Å². The molecule has 108 valence electrons. The summed E-state index contributed by atoms with van der Waals surface area (Å²) in [5, 5.41) is 20.0. The molecule has 1 aromatic heterocycles. The van der Waals surface area contributed by atoms with Crippen LogP contribution in [0.1, 0.15) is 17.0 Å². The van der Waals surface area contributed by atoms with Gasteiger partial charge in [0.1, 0.15) is 17.4 Å². The van der Waals surface area contributed by atoms with Gasteiger partial charge in [0.25, 0.3) is 0 Å². The zero-order chi connectivity index (χ0) is 15.7. The number of para-hydroxylation sites is 2. The van der Waals surface area contributed by atoms with Crippen molar-refractivity contribution in [2.24, 2.45) is 7.05 Å². The molecule has 0 radical (unpaired) electrons. The Hall–Kier alpha value is -3.06. The van der Waals surface area contributed by atoms with Crippen molar-refractivity contribution >= 4 is 22.4 Å². The molecule has 0 spiro atoms. The lowest BCUT2D eigenvalue weighted by molar-refractivity contribution is 0.513. The van der Waals surface area contributed by atoms with Gasteiger partial charge in [-0.2, -0.15) is 5.26 Å². The molecule has 0 saturated carbocycles. The average molecular weight is 289 g/mol. The smallest absolute Gasteiger partial charge is 0.155 e. The van der Waals surface area contributed by atoms with E-state index in [1.165, 1.54) is 0 Å². The summed E-state index contributed by atoms with van der Waals surface area (Å²) < 4.78 is 1.82. The largest absolute Gasteiger partial charge is 0.506 e. The topological polar surface area (TPSA) is 61.8 Å². The van der Waals surface area contributed by atoms with E-state index >= 15 is 0 Å². The highest BCUT2D eigenvalue weighted by Gasteiger charge is 2.17. The standard InChI is InChI=1S/C18H15N3O/c1-12-7-9-13(10-8-12)17(22)14(11-19)18-20-15-5-3-4-6-16(15)21(18)2/h3-10,22H,1-2H3/b17-14-. The first-order valence-electron chi connectivity index (χ1n) is 6.94. The molecule has 2 aromatic carbocycles. The van der Waals surface area contributed by atoms with Crippen LogP contribution in [0.15, 0.2) is 48.5 Å². The van der Waals surface area contributed by atoms with Crippen molar-refractivity contribution in [1.82, 2.24) is 9.55 Å². The first-order chi connectivity index (χ1) is 10.6. The van der Waals surface area contributed by atoms with E-state index in [9.17, 15) is 10.4 Å². The fourth-order valence-electron chi connectivity index (χ4n) is 2.43. The third-order valence-corrected chi connectivity index (χ3v) is 3.68. The van der Waals surface area contributed by atoms with E-state index in [0.29, 0.717) is 11.4 Å². The number of hydrogen-bond donors (Lipinski definition) is 1. The third kappa shape index (κ3) is 2.23. The maximum Gasteiger partial charge on any atom is 0.155 e. The van der Waals surface area contributed by atoms with Crippen molar-refractivity contribution in [2.45, 2.75) is 6.92 Å². The predicted octanol–water partition coefficient (Wildman–Crippen LogP) is 3.83. The molecule has 0 bridgehead atoms. The van der Waals surface area contributed by atoms with Gasteiger partial charge >= 0.3 is 0 Å². The van der Waals surface area contributed by atoms with Crippen molar-refractivity contribution in [2.75, 3.05) is 0 Å². The Morgan fingerprint density at radius 1 is 1.14 bits per heavy atom. The quantitative estimate of drug-likeness (QED) is 0.576. The van der Waals surface area contributed by atoms with Crippen molar-refractivity contribution in [3.63, 3.8) is 0 Å². The summed E-state index contributed by atoms with van der Waals surface area (Å²) in [5.74, 6) is 0.405. The summed E-state index contributed by atoms with van der Waals surface area (Å²) in [6.07, 6.45) is 0. The number of hydrogen-bond acceptors (Lipinski definition) is 3. The molecule has 0 saturated heterocycles. The van der Waals surface area contributed by atoms with Gasteiger partial charge in [-0.1, -0.05) is 42.0 Å². The zero-order valence-electron chi connectivity index (χ0n) is 12.4. The van der Waals surface area contributed by atoms with Crippen LogP contribution in [-0.4, -0.2) is 14.7 Å². The summed E-state index contributed by atoms with van der Waals surface area (Å²) >= 11 is 0. The number of aliphatic hydroxyl groups excluding tert-OH is 1. The molecule has 0 atom stereocenters. The molecule has 0 aliphatic heterocycles. The third-order valence-electron chi connectivity index (χ3n) is 3.68. The Balaban J connectivity index is 2.21. The summed E-state index contributed by atoms with van der Waals surface area (Å²) in [6, 6.07) is 17.1. The Kier molecular flexibility index (Phi) is 3.40. The number of nitriles is 1. The fraction of sp³-hybridized carbons (Fsp3) is 0.111. The number of aromatic nitrogens is 2. The minimum Gasteiger partial charge on any atom is -0.506 e. The van der Waals surface area contributed by atoms with Gasteiger partial charge in [-0.05, 0) is 19.1 Å². The van der Waals surface area contributed by atoms with Crippen LogP contribution in [0.2, 0.25) is 0 Å². The number of aliphatic hydroxyl groups is 1. The number of rotatable bonds is 2. The zero-order valence-corrected chi connectivity index (χ0v) is 12.4. The monoisotopic (exact) mass is 289 g/mol. The van der Waals surface area contributed by atoms with Gasteiger partial charge in [0, 0.05) is 12.6 Å². The molecule has 4 heteroatoms. The van der Waals surface area contributed by atoms with Gasteiger partial charge in [0.15, 0.2) is 5.82 Å². The highest BCUT2D eigenvalue weighted by molar-refractivity contribution is 5.94. The highest BCUT2D eigenvalue weighted by Crippen LogP contribution is 2.26. The Bertz CT molecular complexity index is 912. The van der Waals surface area contributed by atoms with E-state index in [2.05, 4.69) is 11.1 Å². The van der Waals surface area contributed by atoms with E-state index in [1.807, 2.05) is 54.9 Å². The van der Waals surface area contributed by atoms with Crippen LogP contribution in [0, 0.1) is 18.3 Å². The minimum atomic E-state index is -0.0547. The molecular formula is C18H15N3O. The number of benzene rings is 2. The first-order valence-corrected chi connectivity index (χ1v) is 6.94. The molecule has 0 unspecified atom stereocenters. The van der Waals surface area contributed by atoms with Crippen LogP contribution in [-0.2, 0) is 7.05 Å². The van der Waals surface area contributed by atoms with Gasteiger partial charge < -0.3 is 9.67 Å². The van der Waals surface area contributed by atoms with Gasteiger partial charge in [0.2, 0.25) is 0 Å². The molecule has 0 aliphatic rings. The predicted molar refractivity (Wildman–Crippen MR) is 86.9 cm³/mol. The molecule has 3 rings (SSSR count). The van der Waals surface area contributed by atoms with Crippen LogP contribution in [0.3, 0.4) is 0 Å². The van der Waals surface area contributed by atoms with E-state index in [1.54, 1.807) is 12.1 Å². The van der Waals surface area contributed by atoms with Gasteiger partial charge in [-0.3, -0.25) is 0 Å². The van der Waals surface area contributed by atoms with Crippen LogP contribution in [0.4, 0.5) is 0 Å². The molecule has 1 N–H and O–H groups in total. The van der Waals surface area contributed by atoms with E-state index < -0.39 is 0 Å². The lowest BCUT2D eigenvalue weighted by atomic mass is 10.1. The lowest BCUT2D eigenvalue weighted by Crippen LogP contribution is -1.99. The van der Waals surface area contributed by atoms with Crippen LogP contribution in [0.5, 0.6) is 0 Å². The molecule has 4 nitrogen and oxygen atoms in total. The molecule has 0 amide bonds. The van der Waals surface area contributed by atoms with Gasteiger partial charge in [-0.15, -0.1) is 0 Å². The first kappa shape index (κ1) is 13.9. The molecule has 1 heterocycles. The van der Waals surface area contributed by atoms with Crippen molar-refractivity contribution < 1.29 is 5.11 Å².